The van der Waals surface area contributed by atoms with Crippen LogP contribution in [0.1, 0.15) is 36.5 Å². The minimum absolute atomic E-state index is 0.139. The first-order valence-corrected chi connectivity index (χ1v) is 11.4. The molecule has 7 nitrogen and oxygen atoms in total. The molecule has 2 aromatic heterocycles. The number of hydrogen-bond donors (Lipinski definition) is 2. The van der Waals surface area contributed by atoms with Crippen LogP contribution in [0.2, 0.25) is 0 Å². The molecule has 8 heteroatoms. The predicted octanol–water partition coefficient (Wildman–Crippen LogP) is 4.56. The average Bonchev–Trinajstić information content (AvgIpc) is 3.22. The Kier molecular flexibility index (Phi) is 6.14. The first-order chi connectivity index (χ1) is 15.3. The highest BCUT2D eigenvalue weighted by atomic mass is 32.2. The summed E-state index contributed by atoms with van der Waals surface area (Å²) in [5.74, 6) is 0.431. The number of carbonyl (C=O) groups excluding carboxylic acids is 1. The number of benzene rings is 2. The number of rotatable bonds is 6. The molecular weight excluding hydrogens is 422 g/mol. The number of hydrogen-bond acceptors (Lipinski definition) is 5. The van der Waals surface area contributed by atoms with Crippen LogP contribution in [-0.2, 0) is 4.79 Å². The van der Waals surface area contributed by atoms with Gasteiger partial charge in [0.2, 0.25) is 11.1 Å². The fraction of sp³-hybridized carbons (Fsp3) is 0.250. The molecule has 4 rings (SSSR count). The molecule has 0 saturated carbocycles. The predicted molar refractivity (Wildman–Crippen MR) is 128 cm³/mol. The third-order valence-corrected chi connectivity index (χ3v) is 6.26. The third kappa shape index (κ3) is 4.45. The highest BCUT2D eigenvalue weighted by Crippen LogP contribution is 2.24. The van der Waals surface area contributed by atoms with Gasteiger partial charge in [-0.25, -0.2) is 9.61 Å². The van der Waals surface area contributed by atoms with Gasteiger partial charge in [0.25, 0.3) is 5.56 Å². The summed E-state index contributed by atoms with van der Waals surface area (Å²) in [4.78, 5) is 24.9. The molecular formula is C24H25N5O2S. The van der Waals surface area contributed by atoms with E-state index in [2.05, 4.69) is 46.6 Å². The lowest BCUT2D eigenvalue weighted by atomic mass is 10.0. The second-order valence-corrected chi connectivity index (χ2v) is 8.98. The van der Waals surface area contributed by atoms with Crippen LogP contribution < -0.4 is 10.9 Å². The molecule has 0 saturated heterocycles. The number of H-pyrrole nitrogens is 1. The summed E-state index contributed by atoms with van der Waals surface area (Å²) in [7, 11) is 0. The Labute approximate surface area is 190 Å². The summed E-state index contributed by atoms with van der Waals surface area (Å²) in [6, 6.07) is 15.8. The Morgan fingerprint density at radius 2 is 1.81 bits per heavy atom. The van der Waals surface area contributed by atoms with Crippen molar-refractivity contribution in [2.45, 2.75) is 38.8 Å². The molecule has 2 N–H and O–H groups in total. The van der Waals surface area contributed by atoms with E-state index >= 15 is 0 Å². The third-order valence-electron chi connectivity index (χ3n) is 5.33. The van der Waals surface area contributed by atoms with E-state index in [1.165, 1.54) is 21.8 Å². The standard InChI is InChI=1S/C24H25N5O2S/c1-14(2)17-8-10-18(11-9-17)19-12-20-23(31)26-27-24(29(20)28-19)32-13-21(30)25-22-15(3)6-5-7-16(22)4/h5-12,14H,13H2,1-4H3,(H,25,30)(H,26,31). The van der Waals surface area contributed by atoms with Gasteiger partial charge in [-0.2, -0.15) is 5.10 Å². The molecule has 0 radical (unpaired) electrons. The van der Waals surface area contributed by atoms with E-state index < -0.39 is 0 Å². The fourth-order valence-electron chi connectivity index (χ4n) is 3.48. The van der Waals surface area contributed by atoms with Crippen LogP contribution in [0, 0.1) is 13.8 Å². The number of nitrogens with zero attached hydrogens (tertiary/aromatic N) is 3. The van der Waals surface area contributed by atoms with Crippen LogP contribution in [0.3, 0.4) is 0 Å². The molecule has 0 aliphatic heterocycles. The van der Waals surface area contributed by atoms with Gasteiger partial charge in [0.1, 0.15) is 5.52 Å². The Morgan fingerprint density at radius 3 is 2.47 bits per heavy atom. The first-order valence-electron chi connectivity index (χ1n) is 10.4. The molecule has 4 aromatic rings. The molecule has 0 unspecified atom stereocenters. The number of carbonyl (C=O) groups is 1. The molecule has 0 bridgehead atoms. The van der Waals surface area contributed by atoms with E-state index in [-0.39, 0.29) is 17.2 Å². The molecule has 0 atom stereocenters. The van der Waals surface area contributed by atoms with Crippen LogP contribution in [0.25, 0.3) is 16.8 Å². The molecule has 0 spiro atoms. The summed E-state index contributed by atoms with van der Waals surface area (Å²) in [5, 5.41) is 14.6. The van der Waals surface area contributed by atoms with Crippen molar-refractivity contribution in [2.24, 2.45) is 0 Å². The molecule has 164 valence electrons. The second-order valence-electron chi connectivity index (χ2n) is 8.04. The van der Waals surface area contributed by atoms with Crippen LogP contribution in [0.4, 0.5) is 5.69 Å². The van der Waals surface area contributed by atoms with E-state index in [0.717, 1.165) is 22.4 Å². The van der Waals surface area contributed by atoms with Gasteiger partial charge in [-0.05, 0) is 42.5 Å². The average molecular weight is 448 g/mol. The Bertz CT molecular complexity index is 1320. The lowest BCUT2D eigenvalue weighted by Gasteiger charge is -2.11. The van der Waals surface area contributed by atoms with E-state index in [4.69, 9.17) is 0 Å². The topological polar surface area (TPSA) is 92.1 Å². The summed E-state index contributed by atoms with van der Waals surface area (Å²) < 4.78 is 1.50. The van der Waals surface area contributed by atoms with Crippen LogP contribution in [0.5, 0.6) is 0 Å². The zero-order chi connectivity index (χ0) is 22.8. The van der Waals surface area contributed by atoms with Crippen molar-refractivity contribution in [1.29, 1.82) is 0 Å². The smallest absolute Gasteiger partial charge is 0.290 e. The van der Waals surface area contributed by atoms with E-state index in [1.54, 1.807) is 6.07 Å². The highest BCUT2D eigenvalue weighted by Gasteiger charge is 2.15. The number of para-hydroxylation sites is 1. The Balaban J connectivity index is 1.56. The maximum Gasteiger partial charge on any atom is 0.290 e. The molecule has 32 heavy (non-hydrogen) atoms. The van der Waals surface area contributed by atoms with Crippen LogP contribution >= 0.6 is 11.8 Å². The van der Waals surface area contributed by atoms with Crippen molar-refractivity contribution in [3.8, 4) is 11.3 Å². The zero-order valence-corrected chi connectivity index (χ0v) is 19.3. The minimum Gasteiger partial charge on any atom is -0.325 e. The van der Waals surface area contributed by atoms with Crippen LogP contribution in [0.15, 0.2) is 58.5 Å². The maximum absolute atomic E-state index is 12.5. The van der Waals surface area contributed by atoms with Gasteiger partial charge in [0.15, 0.2) is 0 Å². The van der Waals surface area contributed by atoms with Crippen molar-refractivity contribution in [3.05, 3.63) is 75.6 Å². The number of thioether (sulfide) groups is 1. The largest absolute Gasteiger partial charge is 0.325 e. The van der Waals surface area contributed by atoms with E-state index in [1.807, 2.05) is 44.2 Å². The number of aromatic amines is 1. The van der Waals surface area contributed by atoms with E-state index in [0.29, 0.717) is 22.3 Å². The molecule has 0 aliphatic carbocycles. The molecule has 0 fully saturated rings. The summed E-state index contributed by atoms with van der Waals surface area (Å²) in [6.45, 7) is 8.21. The van der Waals surface area contributed by atoms with E-state index in [9.17, 15) is 9.59 Å². The quantitative estimate of drug-likeness (QED) is 0.423. The number of aromatic nitrogens is 4. The second kappa shape index (κ2) is 9.00. The van der Waals surface area contributed by atoms with Gasteiger partial charge in [0.05, 0.1) is 11.4 Å². The SMILES string of the molecule is Cc1cccc(C)c1NC(=O)CSc1n[nH]c(=O)c2cc(-c3ccc(C(C)C)cc3)nn12. The normalized spacial score (nSPS) is 11.3. The minimum atomic E-state index is -0.327. The van der Waals surface area contributed by atoms with Gasteiger partial charge in [-0.3, -0.25) is 9.59 Å². The van der Waals surface area contributed by atoms with Gasteiger partial charge in [0, 0.05) is 11.3 Å². The van der Waals surface area contributed by atoms with Crippen molar-refractivity contribution in [1.82, 2.24) is 19.8 Å². The number of anilines is 1. The van der Waals surface area contributed by atoms with Crippen molar-refractivity contribution >= 4 is 28.9 Å². The van der Waals surface area contributed by atoms with Gasteiger partial charge in [-0.1, -0.05) is 68.1 Å². The summed E-state index contributed by atoms with van der Waals surface area (Å²) in [6.07, 6.45) is 0. The van der Waals surface area contributed by atoms with Gasteiger partial charge in [-0.15, -0.1) is 5.10 Å². The highest BCUT2D eigenvalue weighted by molar-refractivity contribution is 7.99. The summed E-state index contributed by atoms with van der Waals surface area (Å²) in [5.41, 5.74) is 5.74. The fourth-order valence-corrected chi connectivity index (χ4v) is 4.19. The number of aryl methyl sites for hydroxylation is 2. The van der Waals surface area contributed by atoms with Crippen molar-refractivity contribution < 1.29 is 4.79 Å². The monoisotopic (exact) mass is 447 g/mol. The molecule has 1 amide bonds. The van der Waals surface area contributed by atoms with Crippen molar-refractivity contribution in [2.75, 3.05) is 11.1 Å². The first kappa shape index (κ1) is 21.8. The number of amides is 1. The van der Waals surface area contributed by atoms with Gasteiger partial charge >= 0.3 is 0 Å². The van der Waals surface area contributed by atoms with Gasteiger partial charge < -0.3 is 5.32 Å². The zero-order valence-electron chi connectivity index (χ0n) is 18.5. The Morgan fingerprint density at radius 1 is 1.12 bits per heavy atom. The number of nitrogens with one attached hydrogen (secondary N) is 2. The molecule has 2 heterocycles. The lowest BCUT2D eigenvalue weighted by Crippen LogP contribution is -2.18. The molecule has 0 aliphatic rings. The number of fused-ring (bicyclic) bond motifs is 1. The van der Waals surface area contributed by atoms with Crippen molar-refractivity contribution in [3.63, 3.8) is 0 Å². The maximum atomic E-state index is 12.5. The van der Waals surface area contributed by atoms with Crippen LogP contribution in [-0.4, -0.2) is 31.5 Å². The Hall–Kier alpha value is -3.39. The molecule has 2 aromatic carbocycles. The lowest BCUT2D eigenvalue weighted by molar-refractivity contribution is -0.113. The summed E-state index contributed by atoms with van der Waals surface area (Å²) >= 11 is 1.22.